The lowest BCUT2D eigenvalue weighted by Crippen LogP contribution is -2.21. The molecule has 4 rings (SSSR count). The maximum absolute atomic E-state index is 14.1. The van der Waals surface area contributed by atoms with Crippen LogP contribution in [0.3, 0.4) is 0 Å². The Hall–Kier alpha value is -3.92. The number of aryl methyl sites for hydroxylation is 1. The van der Waals surface area contributed by atoms with E-state index in [9.17, 15) is 14.0 Å². The highest BCUT2D eigenvalue weighted by Gasteiger charge is 2.21. The number of ether oxygens (including phenoxy) is 3. The van der Waals surface area contributed by atoms with Crippen LogP contribution >= 0.6 is 11.3 Å². The maximum atomic E-state index is 14.1. The van der Waals surface area contributed by atoms with E-state index in [0.29, 0.717) is 49.2 Å². The van der Waals surface area contributed by atoms with E-state index in [2.05, 4.69) is 10.3 Å². The second-order valence-electron chi connectivity index (χ2n) is 7.37. The first kappa shape index (κ1) is 23.2. The molecule has 0 spiro atoms. The second-order valence-corrected chi connectivity index (χ2v) is 8.37. The Morgan fingerprint density at radius 2 is 1.79 bits per heavy atom. The predicted octanol–water partition coefficient (Wildman–Crippen LogP) is 4.23. The lowest BCUT2D eigenvalue weighted by Gasteiger charge is -2.14. The van der Waals surface area contributed by atoms with Crippen molar-refractivity contribution >= 4 is 33.1 Å². The van der Waals surface area contributed by atoms with E-state index < -0.39 is 11.7 Å². The van der Waals surface area contributed by atoms with E-state index in [-0.39, 0.29) is 12.1 Å². The smallest absolute Gasteiger partial charge is 0.266 e. The first-order chi connectivity index (χ1) is 16.4. The van der Waals surface area contributed by atoms with Crippen molar-refractivity contribution in [2.45, 2.75) is 13.5 Å². The molecule has 0 unspecified atom stereocenters. The molecule has 0 aliphatic carbocycles. The number of hydrogen-bond acceptors (Lipinski definition) is 7. The summed E-state index contributed by atoms with van der Waals surface area (Å²) in [6, 6.07) is 9.47. The maximum Gasteiger partial charge on any atom is 0.266 e. The normalized spacial score (nSPS) is 10.9. The van der Waals surface area contributed by atoms with Crippen molar-refractivity contribution in [2.24, 2.45) is 0 Å². The van der Waals surface area contributed by atoms with Gasteiger partial charge in [0.25, 0.3) is 11.5 Å². The van der Waals surface area contributed by atoms with Crippen molar-refractivity contribution in [1.82, 2.24) is 9.55 Å². The molecule has 0 radical (unpaired) electrons. The number of benzene rings is 2. The number of amides is 1. The molecule has 2 aromatic heterocycles. The van der Waals surface area contributed by atoms with Crippen molar-refractivity contribution in [1.29, 1.82) is 0 Å². The number of aromatic nitrogens is 2. The highest BCUT2D eigenvalue weighted by atomic mass is 32.1. The highest BCUT2D eigenvalue weighted by molar-refractivity contribution is 7.20. The number of thiophene rings is 1. The summed E-state index contributed by atoms with van der Waals surface area (Å²) in [5, 5.41) is 3.14. The van der Waals surface area contributed by atoms with E-state index in [1.54, 1.807) is 37.3 Å². The summed E-state index contributed by atoms with van der Waals surface area (Å²) in [6.45, 7) is 1.73. The lowest BCUT2D eigenvalue weighted by molar-refractivity contribution is 0.103. The lowest BCUT2D eigenvalue weighted by atomic mass is 10.2. The molecular formula is C24H22FN3O5S. The summed E-state index contributed by atoms with van der Waals surface area (Å²) in [6.07, 6.45) is 1.37. The molecule has 1 N–H and O–H groups in total. The molecule has 34 heavy (non-hydrogen) atoms. The van der Waals surface area contributed by atoms with Crippen LogP contribution in [0, 0.1) is 12.7 Å². The van der Waals surface area contributed by atoms with Gasteiger partial charge in [-0.15, -0.1) is 11.3 Å². The third-order valence-electron chi connectivity index (χ3n) is 5.34. The number of carbonyl (C=O) groups excluding carboxylic acids is 1. The van der Waals surface area contributed by atoms with Crippen LogP contribution in [0.2, 0.25) is 0 Å². The first-order valence-electron chi connectivity index (χ1n) is 10.2. The van der Waals surface area contributed by atoms with Crippen molar-refractivity contribution in [2.75, 3.05) is 26.6 Å². The van der Waals surface area contributed by atoms with Gasteiger partial charge in [0.1, 0.15) is 10.6 Å². The summed E-state index contributed by atoms with van der Waals surface area (Å²) in [4.78, 5) is 31.3. The third-order valence-corrected chi connectivity index (χ3v) is 6.54. The summed E-state index contributed by atoms with van der Waals surface area (Å²) < 4.78 is 31.4. The van der Waals surface area contributed by atoms with Gasteiger partial charge in [0.15, 0.2) is 11.5 Å². The molecule has 1 amide bonds. The Balaban J connectivity index is 1.68. The molecular weight excluding hydrogens is 461 g/mol. The van der Waals surface area contributed by atoms with Crippen LogP contribution in [-0.4, -0.2) is 36.8 Å². The molecule has 2 heterocycles. The van der Waals surface area contributed by atoms with Gasteiger partial charge in [0.2, 0.25) is 5.75 Å². The minimum absolute atomic E-state index is 0.0384. The van der Waals surface area contributed by atoms with Crippen molar-refractivity contribution in [3.63, 3.8) is 0 Å². The number of nitrogens with zero attached hydrogens (tertiary/aromatic N) is 2. The van der Waals surface area contributed by atoms with E-state index in [0.717, 1.165) is 11.3 Å². The summed E-state index contributed by atoms with van der Waals surface area (Å²) in [7, 11) is 4.46. The monoisotopic (exact) mass is 483 g/mol. The summed E-state index contributed by atoms with van der Waals surface area (Å²) in [5.74, 6) is 0.378. The van der Waals surface area contributed by atoms with Gasteiger partial charge in [-0.1, -0.05) is 18.2 Å². The zero-order valence-electron chi connectivity index (χ0n) is 19.0. The van der Waals surface area contributed by atoms with Gasteiger partial charge < -0.3 is 19.5 Å². The average Bonchev–Trinajstić information content (AvgIpc) is 3.18. The topological polar surface area (TPSA) is 91.7 Å². The Bertz CT molecular complexity index is 1420. The molecule has 0 saturated heterocycles. The number of rotatable bonds is 7. The van der Waals surface area contributed by atoms with E-state index in [1.165, 1.54) is 38.3 Å². The van der Waals surface area contributed by atoms with E-state index >= 15 is 0 Å². The number of anilines is 1. The summed E-state index contributed by atoms with van der Waals surface area (Å²) >= 11 is 1.11. The van der Waals surface area contributed by atoms with Gasteiger partial charge in [-0.05, 0) is 18.6 Å². The van der Waals surface area contributed by atoms with E-state index in [1.807, 2.05) is 0 Å². The van der Waals surface area contributed by atoms with Crippen LogP contribution in [0.15, 0.2) is 47.5 Å². The van der Waals surface area contributed by atoms with Gasteiger partial charge in [-0.2, -0.15) is 0 Å². The molecule has 10 heteroatoms. The fraction of sp³-hybridized carbons (Fsp3) is 0.208. The molecule has 0 atom stereocenters. The number of fused-ring (bicyclic) bond motifs is 1. The van der Waals surface area contributed by atoms with Crippen LogP contribution in [0.25, 0.3) is 10.2 Å². The molecule has 0 saturated carbocycles. The molecule has 176 valence electrons. The van der Waals surface area contributed by atoms with Crippen LogP contribution in [0.4, 0.5) is 10.1 Å². The van der Waals surface area contributed by atoms with Crippen molar-refractivity contribution < 1.29 is 23.4 Å². The van der Waals surface area contributed by atoms with Gasteiger partial charge in [-0.3, -0.25) is 14.2 Å². The first-order valence-corrected chi connectivity index (χ1v) is 11.0. The van der Waals surface area contributed by atoms with Gasteiger partial charge in [-0.25, -0.2) is 9.37 Å². The fourth-order valence-corrected chi connectivity index (χ4v) is 4.67. The molecule has 0 aliphatic rings. The largest absolute Gasteiger partial charge is 0.493 e. The Kier molecular flexibility index (Phi) is 6.51. The van der Waals surface area contributed by atoms with Crippen LogP contribution in [0.1, 0.15) is 20.8 Å². The number of nitrogens with one attached hydrogen (secondary N) is 1. The van der Waals surface area contributed by atoms with Crippen LogP contribution in [-0.2, 0) is 6.54 Å². The Morgan fingerprint density at radius 1 is 1.12 bits per heavy atom. The molecule has 2 aromatic carbocycles. The molecule has 8 nitrogen and oxygen atoms in total. The number of methoxy groups -OCH3 is 3. The Labute approximate surface area is 198 Å². The molecule has 0 aliphatic heterocycles. The SMILES string of the molecule is COc1cc(NC(=O)c2sc3ncn(Cc4ccccc4F)c(=O)c3c2C)cc(OC)c1OC. The quantitative estimate of drug-likeness (QED) is 0.423. The standard InChI is InChI=1S/C24H22FN3O5S/c1-13-19-23(26-12-28(24(19)30)11-14-7-5-6-8-16(14)25)34-21(13)22(29)27-15-9-17(31-2)20(33-4)18(10-15)32-3/h5-10,12H,11H2,1-4H3,(H,27,29). The van der Waals surface area contributed by atoms with Crippen LogP contribution < -0.4 is 25.1 Å². The molecule has 4 aromatic rings. The van der Waals surface area contributed by atoms with Gasteiger partial charge >= 0.3 is 0 Å². The van der Waals surface area contributed by atoms with Gasteiger partial charge in [0.05, 0.1) is 44.5 Å². The molecule has 0 fully saturated rings. The zero-order chi connectivity index (χ0) is 24.4. The van der Waals surface area contributed by atoms with E-state index in [4.69, 9.17) is 14.2 Å². The average molecular weight is 484 g/mol. The van der Waals surface area contributed by atoms with Crippen molar-refractivity contribution in [3.8, 4) is 17.2 Å². The molecule has 0 bridgehead atoms. The fourth-order valence-electron chi connectivity index (χ4n) is 3.64. The minimum atomic E-state index is -0.408. The third kappa shape index (κ3) is 4.19. The minimum Gasteiger partial charge on any atom is -0.493 e. The van der Waals surface area contributed by atoms with Gasteiger partial charge in [0, 0.05) is 23.4 Å². The number of hydrogen-bond donors (Lipinski definition) is 1. The predicted molar refractivity (Wildman–Crippen MR) is 128 cm³/mol. The second kappa shape index (κ2) is 9.52. The van der Waals surface area contributed by atoms with Crippen LogP contribution in [0.5, 0.6) is 17.2 Å². The zero-order valence-corrected chi connectivity index (χ0v) is 19.8. The Morgan fingerprint density at radius 3 is 2.41 bits per heavy atom. The number of carbonyl (C=O) groups is 1. The highest BCUT2D eigenvalue weighted by Crippen LogP contribution is 2.40. The number of halogens is 1. The summed E-state index contributed by atoms with van der Waals surface area (Å²) in [5.41, 5.74) is 0.972. The van der Waals surface area contributed by atoms with Crippen molar-refractivity contribution in [3.05, 3.63) is 74.9 Å².